The summed E-state index contributed by atoms with van der Waals surface area (Å²) in [5, 5.41) is 0. The third-order valence-electron chi connectivity index (χ3n) is 2.21. The van der Waals surface area contributed by atoms with Crippen molar-refractivity contribution in [2.75, 3.05) is 7.11 Å². The third-order valence-corrected chi connectivity index (χ3v) is 3.57. The van der Waals surface area contributed by atoms with Gasteiger partial charge in [0.1, 0.15) is 5.75 Å². The van der Waals surface area contributed by atoms with E-state index in [1.807, 2.05) is 12.1 Å². The second kappa shape index (κ2) is 5.90. The van der Waals surface area contributed by atoms with E-state index >= 15 is 0 Å². The first kappa shape index (κ1) is 13.0. The summed E-state index contributed by atoms with van der Waals surface area (Å²) in [6, 6.07) is 6.10. The van der Waals surface area contributed by atoms with E-state index in [1.54, 1.807) is 7.11 Å². The molecule has 0 radical (unpaired) electrons. The number of hydrogen-bond acceptors (Lipinski definition) is 1. The van der Waals surface area contributed by atoms with Gasteiger partial charge in [0.2, 0.25) is 0 Å². The molecule has 1 atom stereocenters. The van der Waals surface area contributed by atoms with Crippen LogP contribution in [0.4, 0.5) is 0 Å². The van der Waals surface area contributed by atoms with Crippen LogP contribution in [0.1, 0.15) is 30.7 Å². The molecule has 0 spiro atoms. The molecule has 3 heteroatoms. The number of ether oxygens (including phenoxy) is 1. The van der Waals surface area contributed by atoms with E-state index in [4.69, 9.17) is 4.74 Å². The Morgan fingerprint density at radius 3 is 2.53 bits per heavy atom. The van der Waals surface area contributed by atoms with Gasteiger partial charge in [0, 0.05) is 14.9 Å². The summed E-state index contributed by atoms with van der Waals surface area (Å²) < 4.78 is 6.44. The van der Waals surface area contributed by atoms with Gasteiger partial charge < -0.3 is 4.74 Å². The van der Waals surface area contributed by atoms with E-state index in [0.29, 0.717) is 10.7 Å². The second-order valence-corrected chi connectivity index (χ2v) is 6.00. The molecule has 0 amide bonds. The number of rotatable bonds is 4. The van der Waals surface area contributed by atoms with E-state index < -0.39 is 0 Å². The molecule has 0 N–H and O–H groups in total. The van der Waals surface area contributed by atoms with Gasteiger partial charge in [-0.15, -0.1) is 0 Å². The predicted molar refractivity (Wildman–Crippen MR) is 71.8 cm³/mol. The molecule has 1 aromatic carbocycles. The molecule has 0 aromatic heterocycles. The maximum atomic E-state index is 5.35. The molecule has 0 aliphatic carbocycles. The predicted octanol–water partition coefficient (Wildman–Crippen LogP) is 4.94. The van der Waals surface area contributed by atoms with Gasteiger partial charge in [-0.3, -0.25) is 0 Å². The lowest BCUT2D eigenvalue weighted by atomic mass is 10.0. The number of alkyl halides is 1. The normalized spacial score (nSPS) is 12.9. The highest BCUT2D eigenvalue weighted by molar-refractivity contribution is 9.10. The summed E-state index contributed by atoms with van der Waals surface area (Å²) in [7, 11) is 1.71. The van der Waals surface area contributed by atoms with Crippen LogP contribution in [0.25, 0.3) is 0 Å². The largest absolute Gasteiger partial charge is 0.496 e. The zero-order valence-corrected chi connectivity index (χ0v) is 12.4. The molecule has 0 aliphatic heterocycles. The van der Waals surface area contributed by atoms with Gasteiger partial charge in [0.05, 0.1) is 7.11 Å². The fraction of sp³-hybridized carbons (Fsp3) is 0.500. The van der Waals surface area contributed by atoms with Crippen molar-refractivity contribution in [3.05, 3.63) is 28.2 Å². The number of halogens is 2. The molecule has 0 saturated carbocycles. The van der Waals surface area contributed by atoms with Crippen LogP contribution in [-0.2, 0) is 0 Å². The van der Waals surface area contributed by atoms with Crippen molar-refractivity contribution in [2.45, 2.75) is 25.1 Å². The SMILES string of the molecule is COc1ccc(Br)cc1C(Br)CC(C)C. The van der Waals surface area contributed by atoms with Crippen molar-refractivity contribution in [2.24, 2.45) is 5.92 Å². The second-order valence-electron chi connectivity index (χ2n) is 3.98. The summed E-state index contributed by atoms with van der Waals surface area (Å²) in [6.07, 6.45) is 1.10. The highest BCUT2D eigenvalue weighted by Gasteiger charge is 2.14. The van der Waals surface area contributed by atoms with Crippen molar-refractivity contribution in [3.8, 4) is 5.75 Å². The molecule has 0 aliphatic rings. The molecule has 84 valence electrons. The molecule has 15 heavy (non-hydrogen) atoms. The van der Waals surface area contributed by atoms with Crippen LogP contribution < -0.4 is 4.74 Å². The summed E-state index contributed by atoms with van der Waals surface area (Å²) in [4.78, 5) is 0.352. The van der Waals surface area contributed by atoms with Gasteiger partial charge >= 0.3 is 0 Å². The smallest absolute Gasteiger partial charge is 0.123 e. The Morgan fingerprint density at radius 1 is 1.33 bits per heavy atom. The van der Waals surface area contributed by atoms with Crippen molar-refractivity contribution in [1.29, 1.82) is 0 Å². The number of methoxy groups -OCH3 is 1. The fourth-order valence-electron chi connectivity index (χ4n) is 1.49. The summed E-state index contributed by atoms with van der Waals surface area (Å²) >= 11 is 7.20. The molecular weight excluding hydrogens is 320 g/mol. The number of hydrogen-bond donors (Lipinski definition) is 0. The van der Waals surface area contributed by atoms with Crippen LogP contribution in [0.15, 0.2) is 22.7 Å². The van der Waals surface area contributed by atoms with Crippen molar-refractivity contribution in [1.82, 2.24) is 0 Å². The summed E-state index contributed by atoms with van der Waals surface area (Å²) in [5.74, 6) is 1.61. The molecule has 0 fully saturated rings. The Kier molecular flexibility index (Phi) is 5.13. The van der Waals surface area contributed by atoms with E-state index in [1.165, 1.54) is 5.56 Å². The van der Waals surface area contributed by atoms with Crippen LogP contribution in [0, 0.1) is 5.92 Å². The Balaban J connectivity index is 2.94. The van der Waals surface area contributed by atoms with Gasteiger partial charge in [-0.1, -0.05) is 45.7 Å². The van der Waals surface area contributed by atoms with E-state index in [2.05, 4.69) is 51.8 Å². The fourth-order valence-corrected chi connectivity index (χ4v) is 2.98. The average molecular weight is 336 g/mol. The molecule has 1 rings (SSSR count). The van der Waals surface area contributed by atoms with Crippen LogP contribution in [0.3, 0.4) is 0 Å². The van der Waals surface area contributed by atoms with Gasteiger partial charge in [0.15, 0.2) is 0 Å². The summed E-state index contributed by atoms with van der Waals surface area (Å²) in [5.41, 5.74) is 1.21. The zero-order valence-electron chi connectivity index (χ0n) is 9.26. The maximum absolute atomic E-state index is 5.35. The molecule has 1 nitrogen and oxygen atoms in total. The first-order chi connectivity index (χ1) is 7.04. The lowest BCUT2D eigenvalue weighted by Gasteiger charge is -2.16. The Hall–Kier alpha value is -0.0200. The standard InChI is InChI=1S/C12H16Br2O/c1-8(2)6-11(14)10-7-9(13)4-5-12(10)15-3/h4-5,7-8,11H,6H2,1-3H3. The van der Waals surface area contributed by atoms with Crippen molar-refractivity contribution >= 4 is 31.9 Å². The molecule has 0 bridgehead atoms. The molecular formula is C12H16Br2O. The van der Waals surface area contributed by atoms with E-state index in [-0.39, 0.29) is 0 Å². The number of benzene rings is 1. The van der Waals surface area contributed by atoms with Crippen molar-refractivity contribution in [3.63, 3.8) is 0 Å². The van der Waals surface area contributed by atoms with Gasteiger partial charge in [0.25, 0.3) is 0 Å². The van der Waals surface area contributed by atoms with Crippen LogP contribution in [-0.4, -0.2) is 7.11 Å². The first-order valence-electron chi connectivity index (χ1n) is 5.02. The molecule has 1 aromatic rings. The van der Waals surface area contributed by atoms with Crippen LogP contribution in [0.2, 0.25) is 0 Å². The van der Waals surface area contributed by atoms with Gasteiger partial charge in [-0.2, -0.15) is 0 Å². The Morgan fingerprint density at radius 2 is 2.00 bits per heavy atom. The highest BCUT2D eigenvalue weighted by Crippen LogP contribution is 2.37. The monoisotopic (exact) mass is 334 g/mol. The lowest BCUT2D eigenvalue weighted by molar-refractivity contribution is 0.407. The quantitative estimate of drug-likeness (QED) is 0.708. The van der Waals surface area contributed by atoms with E-state index in [9.17, 15) is 0 Å². The van der Waals surface area contributed by atoms with Crippen LogP contribution in [0.5, 0.6) is 5.75 Å². The van der Waals surface area contributed by atoms with Gasteiger partial charge in [-0.25, -0.2) is 0 Å². The Bertz CT molecular complexity index is 323. The third kappa shape index (κ3) is 3.80. The molecule has 1 unspecified atom stereocenters. The maximum Gasteiger partial charge on any atom is 0.123 e. The minimum atomic E-state index is 0.352. The minimum absolute atomic E-state index is 0.352. The Labute approximate surface area is 108 Å². The highest BCUT2D eigenvalue weighted by atomic mass is 79.9. The summed E-state index contributed by atoms with van der Waals surface area (Å²) in [6.45, 7) is 4.44. The first-order valence-corrected chi connectivity index (χ1v) is 6.73. The topological polar surface area (TPSA) is 9.23 Å². The van der Waals surface area contributed by atoms with Crippen molar-refractivity contribution < 1.29 is 4.74 Å². The minimum Gasteiger partial charge on any atom is -0.496 e. The van der Waals surface area contributed by atoms with Gasteiger partial charge in [-0.05, 0) is 30.5 Å². The van der Waals surface area contributed by atoms with Crippen LogP contribution >= 0.6 is 31.9 Å². The molecule has 0 saturated heterocycles. The average Bonchev–Trinajstić information content (AvgIpc) is 2.16. The molecule has 0 heterocycles. The van der Waals surface area contributed by atoms with E-state index in [0.717, 1.165) is 16.6 Å². The zero-order chi connectivity index (χ0) is 11.4. The lowest BCUT2D eigenvalue weighted by Crippen LogP contribution is -1.99.